The maximum Gasteiger partial charge on any atom is 0.303 e. The molecule has 0 aromatic rings. The Morgan fingerprint density at radius 2 is 1.03 bits per heavy atom. The van der Waals surface area contributed by atoms with Gasteiger partial charge in [0.15, 0.2) is 48.7 Å². The van der Waals surface area contributed by atoms with E-state index in [-0.39, 0.29) is 10.2 Å². The van der Waals surface area contributed by atoms with Gasteiger partial charge in [0.1, 0.15) is 48.0 Å². The quantitative estimate of drug-likeness (QED) is 0.0922. The second-order valence-electron chi connectivity index (χ2n) is 14.6. The molecule has 15 atom stereocenters. The molecular formula is C37H51IO21S2. The number of carbonyl (C=O) groups excluding carboxylic acids is 8. The average Bonchev–Trinajstić information content (AvgIpc) is 3.60. The Kier molecular flexibility index (Phi) is 18.3. The van der Waals surface area contributed by atoms with Crippen molar-refractivity contribution in [2.24, 2.45) is 0 Å². The van der Waals surface area contributed by atoms with Crippen molar-refractivity contribution in [3.05, 3.63) is 0 Å². The molecule has 0 aromatic carbocycles. The lowest BCUT2D eigenvalue weighted by Crippen LogP contribution is -2.62. The standard InChI is InChI=1S/C37H51IO21S2/c1-14(39)47-12-23-26(50-17(4)42)29(52-19(6)44)31(54-21(8)46)36(56-23)61-33-27(57-34-32(33)58-37(9,10)59-34)24(48-15(2)40)13-60-35-30(53-20(7)45)28(51-18(5)43)25(49-16(3)41)22(11-38)55-35/h22-36H,11-13H2,1-10H3/t22-,23-,24-,25-,26-,27-,28+,29+,30-,31-,32-,33+,34-,35+,36+/m1/s1. The van der Waals surface area contributed by atoms with Crippen molar-refractivity contribution in [2.75, 3.05) is 16.8 Å². The van der Waals surface area contributed by atoms with Crippen molar-refractivity contribution in [1.82, 2.24) is 0 Å². The van der Waals surface area contributed by atoms with E-state index < -0.39 is 150 Å². The van der Waals surface area contributed by atoms with Gasteiger partial charge in [-0.3, -0.25) is 38.4 Å². The maximum absolute atomic E-state index is 12.8. The molecule has 4 heterocycles. The van der Waals surface area contributed by atoms with Crippen LogP contribution in [0.1, 0.15) is 69.2 Å². The predicted molar refractivity (Wildman–Crippen MR) is 214 cm³/mol. The van der Waals surface area contributed by atoms with Crippen LogP contribution in [0.2, 0.25) is 0 Å². The SMILES string of the molecule is CC(=O)OC[C@H]1O[C@@H](S[C@@H]2[C@H]3OC(C)(C)O[C@H]3O[C@@H]2[C@@H](CS[C@@H]2O[C@H](CI)[C@@H](OC(C)=O)[C@H](OC(C)=O)[C@H]2OC(C)=O)OC(C)=O)[C@H](OC(C)=O)[C@@H](OC(C)=O)[C@@H]1OC(C)=O. The lowest BCUT2D eigenvalue weighted by molar-refractivity contribution is -0.237. The molecule has 0 bridgehead atoms. The number of rotatable bonds is 16. The molecule has 0 N–H and O–H groups in total. The Bertz CT molecular complexity index is 1650. The molecule has 0 radical (unpaired) electrons. The fourth-order valence-electron chi connectivity index (χ4n) is 7.12. The van der Waals surface area contributed by atoms with Crippen LogP contribution in [0.15, 0.2) is 0 Å². The minimum Gasteiger partial charge on any atom is -0.463 e. The summed E-state index contributed by atoms with van der Waals surface area (Å²) in [6, 6.07) is 0. The van der Waals surface area contributed by atoms with Gasteiger partial charge in [0.2, 0.25) is 0 Å². The van der Waals surface area contributed by atoms with Gasteiger partial charge in [-0.05, 0) is 13.8 Å². The molecule has 4 fully saturated rings. The summed E-state index contributed by atoms with van der Waals surface area (Å²) in [6.07, 6.45) is -14.4. The molecule has 0 amide bonds. The van der Waals surface area contributed by atoms with E-state index in [0.717, 1.165) is 65.1 Å². The van der Waals surface area contributed by atoms with Crippen LogP contribution in [0.3, 0.4) is 0 Å². The van der Waals surface area contributed by atoms with Gasteiger partial charge in [0.25, 0.3) is 0 Å². The summed E-state index contributed by atoms with van der Waals surface area (Å²) in [5.41, 5.74) is -2.37. The number of carbonyl (C=O) groups is 8. The molecule has 21 nitrogen and oxygen atoms in total. The van der Waals surface area contributed by atoms with Crippen LogP contribution < -0.4 is 0 Å². The van der Waals surface area contributed by atoms with E-state index in [2.05, 4.69) is 0 Å². The monoisotopic (exact) mass is 1020 g/mol. The molecule has 4 saturated heterocycles. The molecule has 61 heavy (non-hydrogen) atoms. The van der Waals surface area contributed by atoms with E-state index in [9.17, 15) is 38.4 Å². The second-order valence-corrected chi connectivity index (χ2v) is 17.9. The largest absolute Gasteiger partial charge is 0.463 e. The molecule has 24 heteroatoms. The molecule has 0 unspecified atom stereocenters. The van der Waals surface area contributed by atoms with E-state index in [1.165, 1.54) is 13.8 Å². The summed E-state index contributed by atoms with van der Waals surface area (Å²) < 4.78 is 76.4. The molecule has 4 rings (SSSR count). The van der Waals surface area contributed by atoms with Gasteiger partial charge in [-0.2, -0.15) is 0 Å². The summed E-state index contributed by atoms with van der Waals surface area (Å²) in [5, 5.41) is -0.904. The lowest BCUT2D eigenvalue weighted by atomic mass is 9.99. The van der Waals surface area contributed by atoms with Gasteiger partial charge >= 0.3 is 47.8 Å². The zero-order chi connectivity index (χ0) is 45.5. The van der Waals surface area contributed by atoms with Gasteiger partial charge < -0.3 is 61.6 Å². The first-order valence-corrected chi connectivity index (χ1v) is 22.5. The first-order valence-electron chi connectivity index (χ1n) is 19.0. The molecule has 0 saturated carbocycles. The smallest absolute Gasteiger partial charge is 0.303 e. The molecule has 4 aliphatic heterocycles. The van der Waals surface area contributed by atoms with Crippen molar-refractivity contribution < 1.29 is 99.9 Å². The van der Waals surface area contributed by atoms with Gasteiger partial charge in [-0.25, -0.2) is 0 Å². The summed E-state index contributed by atoms with van der Waals surface area (Å²) in [4.78, 5) is 99.0. The van der Waals surface area contributed by atoms with E-state index in [1.54, 1.807) is 13.8 Å². The summed E-state index contributed by atoms with van der Waals surface area (Å²) >= 11 is 4.02. The molecule has 344 valence electrons. The van der Waals surface area contributed by atoms with Crippen LogP contribution in [0.4, 0.5) is 0 Å². The van der Waals surface area contributed by atoms with Crippen molar-refractivity contribution in [3.63, 3.8) is 0 Å². The van der Waals surface area contributed by atoms with Crippen LogP contribution in [-0.2, 0) is 99.9 Å². The lowest BCUT2D eigenvalue weighted by Gasteiger charge is -2.45. The third kappa shape index (κ3) is 14.0. The van der Waals surface area contributed by atoms with Crippen molar-refractivity contribution in [2.45, 2.75) is 165 Å². The van der Waals surface area contributed by atoms with Gasteiger partial charge in [0, 0.05) is 65.6 Å². The zero-order valence-electron chi connectivity index (χ0n) is 35.0. The Balaban J connectivity index is 1.75. The van der Waals surface area contributed by atoms with Gasteiger partial charge in [-0.1, -0.05) is 22.6 Å². The van der Waals surface area contributed by atoms with Crippen molar-refractivity contribution in [3.8, 4) is 0 Å². The maximum atomic E-state index is 12.8. The van der Waals surface area contributed by atoms with E-state index in [0.29, 0.717) is 0 Å². The molecule has 4 aliphatic rings. The highest BCUT2D eigenvalue weighted by atomic mass is 127. The van der Waals surface area contributed by atoms with Crippen LogP contribution >= 0.6 is 46.1 Å². The Hall–Kier alpha value is -3.01. The highest BCUT2D eigenvalue weighted by Gasteiger charge is 2.61. The Labute approximate surface area is 373 Å². The normalized spacial score (nSPS) is 34.4. The van der Waals surface area contributed by atoms with E-state index in [4.69, 9.17) is 61.6 Å². The average molecular weight is 1020 g/mol. The number of halogens is 1. The van der Waals surface area contributed by atoms with Crippen LogP contribution in [0.25, 0.3) is 0 Å². The Morgan fingerprint density at radius 1 is 0.574 bits per heavy atom. The Morgan fingerprint density at radius 3 is 1.51 bits per heavy atom. The minimum absolute atomic E-state index is 0.121. The number of ether oxygens (including phenoxy) is 13. The highest BCUT2D eigenvalue weighted by molar-refractivity contribution is 14.1. The number of fused-ring (bicyclic) bond motifs is 1. The predicted octanol–water partition coefficient (Wildman–Crippen LogP) is 1.67. The number of esters is 8. The second kappa shape index (κ2) is 22.1. The first kappa shape index (κ1) is 50.6. The first-order chi connectivity index (χ1) is 28.5. The molecule has 0 aliphatic carbocycles. The van der Waals surface area contributed by atoms with Crippen molar-refractivity contribution in [1.29, 1.82) is 0 Å². The zero-order valence-corrected chi connectivity index (χ0v) is 38.8. The van der Waals surface area contributed by atoms with Crippen LogP contribution in [0, 0.1) is 0 Å². The number of alkyl halides is 1. The van der Waals surface area contributed by atoms with Crippen molar-refractivity contribution >= 4 is 93.9 Å². The van der Waals surface area contributed by atoms with Crippen LogP contribution in [-0.4, -0.2) is 160 Å². The van der Waals surface area contributed by atoms with E-state index in [1.807, 2.05) is 22.6 Å². The third-order valence-corrected chi connectivity index (χ3v) is 12.6. The number of hydrogen-bond donors (Lipinski definition) is 0. The fraction of sp³-hybridized carbons (Fsp3) is 0.784. The summed E-state index contributed by atoms with van der Waals surface area (Å²) in [7, 11) is 0. The van der Waals surface area contributed by atoms with Gasteiger partial charge in [-0.15, -0.1) is 23.5 Å². The summed E-state index contributed by atoms with van der Waals surface area (Å²) in [6.45, 7) is 11.9. The highest BCUT2D eigenvalue weighted by Crippen LogP contribution is 2.48. The topological polar surface area (TPSA) is 257 Å². The summed E-state index contributed by atoms with van der Waals surface area (Å²) in [5.74, 6) is -7.34. The van der Waals surface area contributed by atoms with E-state index >= 15 is 0 Å². The van der Waals surface area contributed by atoms with Gasteiger partial charge in [0.05, 0.1) is 5.25 Å². The third-order valence-electron chi connectivity index (χ3n) is 9.02. The number of thioether (sulfide) groups is 2. The molecular weight excluding hydrogens is 971 g/mol. The number of hydrogen-bond acceptors (Lipinski definition) is 23. The van der Waals surface area contributed by atoms with Crippen LogP contribution in [0.5, 0.6) is 0 Å². The minimum atomic E-state index is -1.47. The fourth-order valence-corrected chi connectivity index (χ4v) is 10.7. The molecule has 0 aromatic heterocycles. The molecule has 0 spiro atoms.